The third-order valence-corrected chi connectivity index (χ3v) is 2.63. The van der Waals surface area contributed by atoms with Crippen LogP contribution in [0.4, 0.5) is 0 Å². The molecule has 80 valence electrons. The molecule has 0 heterocycles. The van der Waals surface area contributed by atoms with Crippen molar-refractivity contribution in [1.82, 2.24) is 0 Å². The average molecular weight is 197 g/mol. The Hall–Kier alpha value is -0.670. The second-order valence-corrected chi connectivity index (χ2v) is 4.08. The van der Waals surface area contributed by atoms with Crippen LogP contribution in [0.25, 0.3) is 0 Å². The highest BCUT2D eigenvalue weighted by Crippen LogP contribution is 2.33. The number of aliphatic hydroxyl groups excluding tert-OH is 1. The van der Waals surface area contributed by atoms with Crippen LogP contribution in [0.2, 0.25) is 0 Å². The van der Waals surface area contributed by atoms with Crippen molar-refractivity contribution >= 4 is 5.78 Å². The first kappa shape index (κ1) is 11.4. The van der Waals surface area contributed by atoms with Gasteiger partial charge in [-0.15, -0.1) is 6.58 Å². The zero-order chi connectivity index (χ0) is 10.6. The Kier molecular flexibility index (Phi) is 4.29. The van der Waals surface area contributed by atoms with E-state index < -0.39 is 6.10 Å². The molecule has 14 heavy (non-hydrogen) atoms. The molecule has 1 aliphatic carbocycles. The second kappa shape index (κ2) is 5.27. The van der Waals surface area contributed by atoms with Gasteiger partial charge in [-0.2, -0.15) is 0 Å². The summed E-state index contributed by atoms with van der Waals surface area (Å²) in [5.74, 6) is 0.491. The number of carbonyl (C=O) groups excluding carboxylic acids is 1. The standard InChI is InChI=1S/C11H19NO2/c1-2-3-4-10(13)11(14)9(12)7-8-5-6-8/h2,8-9,11,14H,1,3-7,12H2/t9-,11?/m0/s1. The maximum atomic E-state index is 11.4. The zero-order valence-electron chi connectivity index (χ0n) is 8.48. The molecule has 1 saturated carbocycles. The van der Waals surface area contributed by atoms with E-state index in [-0.39, 0.29) is 11.8 Å². The van der Waals surface area contributed by atoms with Gasteiger partial charge in [-0.1, -0.05) is 18.9 Å². The van der Waals surface area contributed by atoms with Crippen molar-refractivity contribution in [3.63, 3.8) is 0 Å². The van der Waals surface area contributed by atoms with Crippen LogP contribution in [-0.2, 0) is 4.79 Å². The van der Waals surface area contributed by atoms with Crippen molar-refractivity contribution in [2.24, 2.45) is 11.7 Å². The molecule has 1 rings (SSSR count). The van der Waals surface area contributed by atoms with Crippen molar-refractivity contribution in [3.05, 3.63) is 12.7 Å². The van der Waals surface area contributed by atoms with Crippen LogP contribution < -0.4 is 5.73 Å². The van der Waals surface area contributed by atoms with E-state index in [9.17, 15) is 9.90 Å². The SMILES string of the molecule is C=CCCC(=O)C(O)[C@@H](N)CC1CC1. The summed E-state index contributed by atoms with van der Waals surface area (Å²) in [7, 11) is 0. The molecule has 2 atom stereocenters. The van der Waals surface area contributed by atoms with Crippen LogP contribution >= 0.6 is 0 Å². The lowest BCUT2D eigenvalue weighted by Crippen LogP contribution is -2.40. The molecule has 3 nitrogen and oxygen atoms in total. The molecule has 1 unspecified atom stereocenters. The number of hydrogen-bond donors (Lipinski definition) is 2. The molecule has 0 radical (unpaired) electrons. The second-order valence-electron chi connectivity index (χ2n) is 4.08. The van der Waals surface area contributed by atoms with Crippen LogP contribution in [0.3, 0.4) is 0 Å². The van der Waals surface area contributed by atoms with E-state index in [1.165, 1.54) is 12.8 Å². The van der Waals surface area contributed by atoms with Gasteiger partial charge in [0, 0.05) is 12.5 Å². The van der Waals surface area contributed by atoms with Gasteiger partial charge in [0.1, 0.15) is 6.10 Å². The van der Waals surface area contributed by atoms with Gasteiger partial charge in [0.15, 0.2) is 5.78 Å². The highest BCUT2D eigenvalue weighted by atomic mass is 16.3. The van der Waals surface area contributed by atoms with E-state index in [0.29, 0.717) is 18.8 Å². The summed E-state index contributed by atoms with van der Waals surface area (Å²) in [6.45, 7) is 3.53. The van der Waals surface area contributed by atoms with Crippen molar-refractivity contribution < 1.29 is 9.90 Å². The quantitative estimate of drug-likeness (QED) is 0.599. The lowest BCUT2D eigenvalue weighted by atomic mass is 9.99. The van der Waals surface area contributed by atoms with Crippen molar-refractivity contribution in [2.75, 3.05) is 0 Å². The van der Waals surface area contributed by atoms with Gasteiger partial charge in [-0.3, -0.25) is 4.79 Å². The highest BCUT2D eigenvalue weighted by Gasteiger charge is 2.29. The molecule has 0 spiro atoms. The monoisotopic (exact) mass is 197 g/mol. The first-order chi connectivity index (χ1) is 6.65. The molecule has 3 heteroatoms. The lowest BCUT2D eigenvalue weighted by Gasteiger charge is -2.16. The van der Waals surface area contributed by atoms with E-state index in [2.05, 4.69) is 6.58 Å². The number of rotatable bonds is 7. The Morgan fingerprint density at radius 1 is 1.64 bits per heavy atom. The number of allylic oxidation sites excluding steroid dienone is 1. The smallest absolute Gasteiger partial charge is 0.163 e. The van der Waals surface area contributed by atoms with Crippen LogP contribution in [0.1, 0.15) is 32.1 Å². The van der Waals surface area contributed by atoms with Crippen LogP contribution in [0.15, 0.2) is 12.7 Å². The molecule has 3 N–H and O–H groups in total. The molecule has 0 bridgehead atoms. The van der Waals surface area contributed by atoms with Gasteiger partial charge < -0.3 is 10.8 Å². The van der Waals surface area contributed by atoms with Gasteiger partial charge in [-0.25, -0.2) is 0 Å². The summed E-state index contributed by atoms with van der Waals surface area (Å²) >= 11 is 0. The first-order valence-corrected chi connectivity index (χ1v) is 5.22. The van der Waals surface area contributed by atoms with Crippen molar-refractivity contribution in [3.8, 4) is 0 Å². The molecule has 0 aromatic heterocycles. The van der Waals surface area contributed by atoms with Crippen LogP contribution in [0, 0.1) is 5.92 Å². The minimum Gasteiger partial charge on any atom is -0.384 e. The van der Waals surface area contributed by atoms with E-state index in [0.717, 1.165) is 6.42 Å². The molecular formula is C11H19NO2. The molecular weight excluding hydrogens is 178 g/mol. The Balaban J connectivity index is 2.25. The molecule has 0 aromatic carbocycles. The highest BCUT2D eigenvalue weighted by molar-refractivity contribution is 5.83. The van der Waals surface area contributed by atoms with E-state index in [1.54, 1.807) is 6.08 Å². The summed E-state index contributed by atoms with van der Waals surface area (Å²) in [4.78, 5) is 11.4. The lowest BCUT2D eigenvalue weighted by molar-refractivity contribution is -0.128. The largest absolute Gasteiger partial charge is 0.384 e. The minimum atomic E-state index is -0.976. The molecule has 0 amide bonds. The Labute approximate surface area is 85.0 Å². The fourth-order valence-electron chi connectivity index (χ4n) is 1.50. The normalized spacial score (nSPS) is 20.1. The topological polar surface area (TPSA) is 63.3 Å². The van der Waals surface area contributed by atoms with Gasteiger partial charge in [-0.05, 0) is 18.8 Å². The number of carbonyl (C=O) groups is 1. The molecule has 0 aromatic rings. The third kappa shape index (κ3) is 3.60. The minimum absolute atomic E-state index is 0.155. The summed E-state index contributed by atoms with van der Waals surface area (Å²) in [5.41, 5.74) is 5.73. The fraction of sp³-hybridized carbons (Fsp3) is 0.727. The number of aliphatic hydroxyl groups is 1. The Bertz CT molecular complexity index is 211. The van der Waals surface area contributed by atoms with Crippen LogP contribution in [0.5, 0.6) is 0 Å². The average Bonchev–Trinajstić information content (AvgIpc) is 2.96. The summed E-state index contributed by atoms with van der Waals surface area (Å²) < 4.78 is 0. The van der Waals surface area contributed by atoms with E-state index >= 15 is 0 Å². The van der Waals surface area contributed by atoms with Gasteiger partial charge >= 0.3 is 0 Å². The van der Waals surface area contributed by atoms with Crippen LogP contribution in [-0.4, -0.2) is 23.0 Å². The predicted molar refractivity (Wildman–Crippen MR) is 55.8 cm³/mol. The molecule has 0 saturated heterocycles. The Morgan fingerprint density at radius 2 is 2.29 bits per heavy atom. The van der Waals surface area contributed by atoms with E-state index in [4.69, 9.17) is 5.73 Å². The maximum absolute atomic E-state index is 11.4. The van der Waals surface area contributed by atoms with Crippen molar-refractivity contribution in [2.45, 2.75) is 44.2 Å². The number of nitrogens with two attached hydrogens (primary N) is 1. The Morgan fingerprint density at radius 3 is 2.79 bits per heavy atom. The summed E-state index contributed by atoms with van der Waals surface area (Å²) in [6.07, 6.45) is 4.84. The summed E-state index contributed by atoms with van der Waals surface area (Å²) in [6, 6.07) is -0.375. The van der Waals surface area contributed by atoms with E-state index in [1.807, 2.05) is 0 Å². The fourth-order valence-corrected chi connectivity index (χ4v) is 1.50. The van der Waals surface area contributed by atoms with Gasteiger partial charge in [0.2, 0.25) is 0 Å². The van der Waals surface area contributed by atoms with Gasteiger partial charge in [0.25, 0.3) is 0 Å². The number of Topliss-reactive ketones (excluding diaryl/α,β-unsaturated/α-hetero) is 1. The number of ketones is 1. The first-order valence-electron chi connectivity index (χ1n) is 5.22. The third-order valence-electron chi connectivity index (χ3n) is 2.63. The zero-order valence-corrected chi connectivity index (χ0v) is 8.48. The maximum Gasteiger partial charge on any atom is 0.163 e. The summed E-state index contributed by atoms with van der Waals surface area (Å²) in [5, 5.41) is 9.58. The molecule has 1 fully saturated rings. The molecule has 0 aliphatic heterocycles. The molecule has 1 aliphatic rings. The van der Waals surface area contributed by atoms with Crippen molar-refractivity contribution in [1.29, 1.82) is 0 Å². The van der Waals surface area contributed by atoms with Gasteiger partial charge in [0.05, 0.1) is 0 Å². The number of hydrogen-bond acceptors (Lipinski definition) is 3. The predicted octanol–water partition coefficient (Wildman–Crippen LogP) is 1.01.